The SMILES string of the molecule is CCCOc1ccc(/C=C2\SC(=O)N(Cc3ccc(Cl)cc3Cl)C2=O)cc1OCC. The van der Waals surface area contributed by atoms with Crippen LogP contribution >= 0.6 is 35.0 Å². The van der Waals surface area contributed by atoms with Crippen LogP contribution in [0, 0.1) is 0 Å². The molecule has 8 heteroatoms. The first-order valence-corrected chi connectivity index (χ1v) is 11.1. The quantitative estimate of drug-likeness (QED) is 0.421. The zero-order valence-corrected chi connectivity index (χ0v) is 18.9. The molecule has 1 aliphatic rings. The summed E-state index contributed by atoms with van der Waals surface area (Å²) in [6.45, 7) is 5.09. The van der Waals surface area contributed by atoms with Crippen molar-refractivity contribution >= 4 is 52.2 Å². The Kier molecular flexibility index (Phi) is 7.69. The average Bonchev–Trinajstić information content (AvgIpc) is 2.97. The summed E-state index contributed by atoms with van der Waals surface area (Å²) in [4.78, 5) is 26.8. The highest BCUT2D eigenvalue weighted by atomic mass is 35.5. The molecule has 2 amide bonds. The summed E-state index contributed by atoms with van der Waals surface area (Å²) >= 11 is 13.0. The Morgan fingerprint density at radius 2 is 1.83 bits per heavy atom. The second-order valence-electron chi connectivity index (χ2n) is 6.49. The van der Waals surface area contributed by atoms with Gasteiger partial charge in [0.2, 0.25) is 0 Å². The van der Waals surface area contributed by atoms with Crippen molar-refractivity contribution in [3.05, 3.63) is 62.5 Å². The maximum atomic E-state index is 12.8. The van der Waals surface area contributed by atoms with Gasteiger partial charge in [-0.05, 0) is 66.6 Å². The fourth-order valence-electron chi connectivity index (χ4n) is 2.82. The molecule has 1 saturated heterocycles. The van der Waals surface area contributed by atoms with Crippen LogP contribution in [0.25, 0.3) is 6.08 Å². The van der Waals surface area contributed by atoms with Crippen molar-refractivity contribution in [3.8, 4) is 11.5 Å². The molecule has 3 rings (SSSR count). The van der Waals surface area contributed by atoms with Crippen molar-refractivity contribution in [1.29, 1.82) is 0 Å². The number of carbonyl (C=O) groups excluding carboxylic acids is 2. The lowest BCUT2D eigenvalue weighted by atomic mass is 10.1. The highest BCUT2D eigenvalue weighted by molar-refractivity contribution is 8.18. The summed E-state index contributed by atoms with van der Waals surface area (Å²) in [7, 11) is 0. The Morgan fingerprint density at radius 3 is 2.53 bits per heavy atom. The maximum Gasteiger partial charge on any atom is 0.293 e. The third-order valence-corrected chi connectivity index (χ3v) is 5.74. The molecule has 1 aliphatic heterocycles. The van der Waals surface area contributed by atoms with Gasteiger partial charge in [0.25, 0.3) is 11.1 Å². The number of nitrogens with zero attached hydrogens (tertiary/aromatic N) is 1. The molecule has 0 saturated carbocycles. The first-order chi connectivity index (χ1) is 14.4. The molecule has 2 aromatic carbocycles. The van der Waals surface area contributed by atoms with Crippen molar-refractivity contribution < 1.29 is 19.1 Å². The van der Waals surface area contributed by atoms with E-state index in [1.807, 2.05) is 26.0 Å². The standard InChI is InChI=1S/C22H21Cl2NO4S/c1-3-9-29-18-8-5-14(10-19(18)28-4-2)11-20-21(26)25(22(27)30-20)13-15-6-7-16(23)12-17(15)24/h5-8,10-12H,3-4,9,13H2,1-2H3/b20-11-. The molecule has 30 heavy (non-hydrogen) atoms. The first kappa shape index (κ1) is 22.5. The van der Waals surface area contributed by atoms with Gasteiger partial charge in [0, 0.05) is 10.0 Å². The number of amides is 2. The molecular formula is C22H21Cl2NO4S. The Balaban J connectivity index is 1.81. The monoisotopic (exact) mass is 465 g/mol. The van der Waals surface area contributed by atoms with E-state index in [1.165, 1.54) is 4.90 Å². The Morgan fingerprint density at radius 1 is 1.03 bits per heavy atom. The maximum absolute atomic E-state index is 12.8. The van der Waals surface area contributed by atoms with Gasteiger partial charge in [-0.15, -0.1) is 0 Å². The van der Waals surface area contributed by atoms with Crippen LogP contribution in [0.5, 0.6) is 11.5 Å². The number of thioether (sulfide) groups is 1. The number of benzene rings is 2. The minimum atomic E-state index is -0.361. The third-order valence-electron chi connectivity index (χ3n) is 4.24. The highest BCUT2D eigenvalue weighted by Gasteiger charge is 2.35. The van der Waals surface area contributed by atoms with Crippen LogP contribution in [-0.2, 0) is 11.3 Å². The summed E-state index contributed by atoms with van der Waals surface area (Å²) in [5, 5.41) is 0.564. The van der Waals surface area contributed by atoms with Crippen LogP contribution in [0.1, 0.15) is 31.4 Å². The van der Waals surface area contributed by atoms with E-state index < -0.39 is 0 Å². The van der Waals surface area contributed by atoms with Gasteiger partial charge in [-0.1, -0.05) is 42.3 Å². The van der Waals surface area contributed by atoms with Crippen LogP contribution in [0.4, 0.5) is 4.79 Å². The number of halogens is 2. The number of carbonyl (C=O) groups is 2. The Labute approximate surface area is 189 Å². The number of hydrogen-bond acceptors (Lipinski definition) is 5. The van der Waals surface area contributed by atoms with Crippen LogP contribution in [0.3, 0.4) is 0 Å². The molecule has 2 aromatic rings. The molecule has 0 unspecified atom stereocenters. The number of imide groups is 1. The van der Waals surface area contributed by atoms with E-state index in [1.54, 1.807) is 30.3 Å². The number of rotatable bonds is 8. The second kappa shape index (κ2) is 10.2. The van der Waals surface area contributed by atoms with E-state index in [2.05, 4.69) is 0 Å². The Bertz CT molecular complexity index is 993. The predicted molar refractivity (Wildman–Crippen MR) is 121 cm³/mol. The van der Waals surface area contributed by atoms with Gasteiger partial charge < -0.3 is 9.47 Å². The first-order valence-electron chi connectivity index (χ1n) is 9.51. The molecule has 0 aliphatic carbocycles. The molecule has 1 fully saturated rings. The van der Waals surface area contributed by atoms with Gasteiger partial charge in [0.05, 0.1) is 24.7 Å². The van der Waals surface area contributed by atoms with Crippen molar-refractivity contribution in [2.24, 2.45) is 0 Å². The molecule has 0 atom stereocenters. The summed E-state index contributed by atoms with van der Waals surface area (Å²) in [5.41, 5.74) is 1.40. The lowest BCUT2D eigenvalue weighted by Gasteiger charge is -2.14. The van der Waals surface area contributed by atoms with Gasteiger partial charge in [-0.25, -0.2) is 0 Å². The van der Waals surface area contributed by atoms with Gasteiger partial charge in [-0.2, -0.15) is 0 Å². The number of hydrogen-bond donors (Lipinski definition) is 0. The molecule has 158 valence electrons. The van der Waals surface area contributed by atoms with E-state index >= 15 is 0 Å². The lowest BCUT2D eigenvalue weighted by Crippen LogP contribution is -2.27. The Hall–Kier alpha value is -2.15. The highest BCUT2D eigenvalue weighted by Crippen LogP contribution is 2.36. The van der Waals surface area contributed by atoms with Crippen molar-refractivity contribution in [2.45, 2.75) is 26.8 Å². The van der Waals surface area contributed by atoms with Crippen molar-refractivity contribution in [1.82, 2.24) is 4.90 Å². The van der Waals surface area contributed by atoms with Gasteiger partial charge in [0.1, 0.15) is 0 Å². The summed E-state index contributed by atoms with van der Waals surface area (Å²) in [6, 6.07) is 10.4. The molecule has 1 heterocycles. The van der Waals surface area contributed by atoms with Crippen LogP contribution in [-0.4, -0.2) is 29.3 Å². The van der Waals surface area contributed by atoms with Crippen LogP contribution in [0.15, 0.2) is 41.3 Å². The summed E-state index contributed by atoms with van der Waals surface area (Å²) in [6.07, 6.45) is 2.57. The second-order valence-corrected chi connectivity index (χ2v) is 8.33. The van der Waals surface area contributed by atoms with E-state index in [0.717, 1.165) is 23.7 Å². The molecule has 0 bridgehead atoms. The number of ether oxygens (including phenoxy) is 2. The molecule has 5 nitrogen and oxygen atoms in total. The topological polar surface area (TPSA) is 55.8 Å². The normalized spacial score (nSPS) is 15.2. The average molecular weight is 466 g/mol. The zero-order chi connectivity index (χ0) is 21.7. The van der Waals surface area contributed by atoms with E-state index in [0.29, 0.717) is 45.2 Å². The van der Waals surface area contributed by atoms with Crippen molar-refractivity contribution in [2.75, 3.05) is 13.2 Å². The fourth-order valence-corrected chi connectivity index (χ4v) is 4.13. The zero-order valence-electron chi connectivity index (χ0n) is 16.6. The van der Waals surface area contributed by atoms with Gasteiger partial charge in [0.15, 0.2) is 11.5 Å². The van der Waals surface area contributed by atoms with E-state index in [9.17, 15) is 9.59 Å². The van der Waals surface area contributed by atoms with Gasteiger partial charge in [-0.3, -0.25) is 14.5 Å². The summed E-state index contributed by atoms with van der Waals surface area (Å²) in [5.74, 6) is 0.897. The molecule has 0 radical (unpaired) electrons. The predicted octanol–water partition coefficient (Wildman–Crippen LogP) is 6.42. The smallest absolute Gasteiger partial charge is 0.293 e. The lowest BCUT2D eigenvalue weighted by molar-refractivity contribution is -0.123. The van der Waals surface area contributed by atoms with E-state index in [-0.39, 0.29) is 17.7 Å². The largest absolute Gasteiger partial charge is 0.490 e. The van der Waals surface area contributed by atoms with E-state index in [4.69, 9.17) is 32.7 Å². The fraction of sp³-hybridized carbons (Fsp3) is 0.273. The minimum Gasteiger partial charge on any atom is -0.490 e. The van der Waals surface area contributed by atoms with Gasteiger partial charge >= 0.3 is 0 Å². The van der Waals surface area contributed by atoms with Crippen LogP contribution < -0.4 is 9.47 Å². The third kappa shape index (κ3) is 5.31. The molecule has 0 N–H and O–H groups in total. The molecule has 0 aromatic heterocycles. The minimum absolute atomic E-state index is 0.0893. The molecular weight excluding hydrogens is 445 g/mol. The summed E-state index contributed by atoms with van der Waals surface area (Å²) < 4.78 is 11.4. The molecule has 0 spiro atoms. The van der Waals surface area contributed by atoms with Crippen molar-refractivity contribution in [3.63, 3.8) is 0 Å². The van der Waals surface area contributed by atoms with Crippen LogP contribution in [0.2, 0.25) is 10.0 Å².